The zero-order valence-electron chi connectivity index (χ0n) is 11.3. The highest BCUT2D eigenvalue weighted by Crippen LogP contribution is 2.14. The highest BCUT2D eigenvalue weighted by Gasteiger charge is 2.14. The van der Waals surface area contributed by atoms with Crippen LogP contribution in [-0.2, 0) is 6.61 Å². The number of carbonyl (C=O) groups excluding carboxylic acids is 1. The first kappa shape index (κ1) is 13.2. The smallest absolute Gasteiger partial charge is 0.259 e. The number of aliphatic hydroxyl groups excluding tert-OH is 1. The Morgan fingerprint density at radius 2 is 2.24 bits per heavy atom. The number of hydrogen-bond donors (Lipinski definition) is 2. The molecular weight excluding hydrogens is 270 g/mol. The summed E-state index contributed by atoms with van der Waals surface area (Å²) in [6, 6.07) is 7.03. The molecule has 1 aromatic carbocycles. The topological polar surface area (TPSA) is 92.4 Å². The average molecular weight is 283 g/mol. The van der Waals surface area contributed by atoms with Crippen molar-refractivity contribution >= 4 is 17.4 Å². The molecule has 2 N–H and O–H groups in total. The van der Waals surface area contributed by atoms with Crippen molar-refractivity contribution in [2.24, 2.45) is 0 Å². The Labute approximate surface area is 120 Å². The van der Waals surface area contributed by atoms with E-state index < -0.39 is 0 Å². The molecule has 0 aliphatic carbocycles. The minimum Gasteiger partial charge on any atom is -0.392 e. The van der Waals surface area contributed by atoms with Crippen molar-refractivity contribution in [3.8, 4) is 0 Å². The predicted molar refractivity (Wildman–Crippen MR) is 75.8 cm³/mol. The van der Waals surface area contributed by atoms with E-state index >= 15 is 0 Å². The van der Waals surface area contributed by atoms with Crippen molar-refractivity contribution in [2.45, 2.75) is 13.5 Å². The van der Waals surface area contributed by atoms with Crippen LogP contribution in [0.1, 0.15) is 21.6 Å². The molecule has 3 aromatic rings. The van der Waals surface area contributed by atoms with Gasteiger partial charge in [0.15, 0.2) is 0 Å². The van der Waals surface area contributed by atoms with Crippen LogP contribution in [0, 0.1) is 6.92 Å². The Balaban J connectivity index is 1.91. The molecule has 0 aliphatic heterocycles. The van der Waals surface area contributed by atoms with E-state index in [0.717, 1.165) is 5.56 Å². The van der Waals surface area contributed by atoms with Crippen LogP contribution in [-0.4, -0.2) is 30.6 Å². The lowest BCUT2D eigenvalue weighted by Crippen LogP contribution is -2.16. The summed E-state index contributed by atoms with van der Waals surface area (Å²) in [5, 5.41) is 15.9. The number of amides is 1. The Bertz CT molecular complexity index is 812. The normalized spacial score (nSPS) is 10.8. The van der Waals surface area contributed by atoms with Gasteiger partial charge in [-0.3, -0.25) is 4.79 Å². The van der Waals surface area contributed by atoms with Crippen LogP contribution in [0.25, 0.3) is 5.78 Å². The second kappa shape index (κ2) is 5.29. The Morgan fingerprint density at radius 3 is 3.05 bits per heavy atom. The first-order chi connectivity index (χ1) is 10.2. The molecule has 0 aliphatic rings. The third kappa shape index (κ3) is 2.46. The van der Waals surface area contributed by atoms with Crippen LogP contribution in [0.4, 0.5) is 5.69 Å². The number of aromatic nitrogens is 4. The maximum absolute atomic E-state index is 12.3. The third-order valence-electron chi connectivity index (χ3n) is 3.16. The summed E-state index contributed by atoms with van der Waals surface area (Å²) in [4.78, 5) is 20.4. The number of anilines is 1. The van der Waals surface area contributed by atoms with Gasteiger partial charge in [0.1, 0.15) is 6.33 Å². The van der Waals surface area contributed by atoms with Gasteiger partial charge in [-0.15, -0.1) is 0 Å². The monoisotopic (exact) mass is 283 g/mol. The van der Waals surface area contributed by atoms with Crippen LogP contribution in [0.5, 0.6) is 0 Å². The number of rotatable bonds is 3. The second-order valence-corrected chi connectivity index (χ2v) is 4.54. The minimum absolute atomic E-state index is 0.0742. The summed E-state index contributed by atoms with van der Waals surface area (Å²) in [6.07, 6.45) is 2.87. The number of benzene rings is 1. The fourth-order valence-corrected chi connectivity index (χ4v) is 2.06. The molecule has 7 heteroatoms. The van der Waals surface area contributed by atoms with Gasteiger partial charge in [-0.1, -0.05) is 12.1 Å². The summed E-state index contributed by atoms with van der Waals surface area (Å²) in [5.41, 5.74) is 2.43. The van der Waals surface area contributed by atoms with Gasteiger partial charge < -0.3 is 10.4 Å². The largest absolute Gasteiger partial charge is 0.392 e. The van der Waals surface area contributed by atoms with Gasteiger partial charge in [-0.2, -0.15) is 10.1 Å². The molecule has 0 saturated carbocycles. The number of nitrogens with one attached hydrogen (secondary N) is 1. The second-order valence-electron chi connectivity index (χ2n) is 4.54. The highest BCUT2D eigenvalue weighted by molar-refractivity contribution is 6.04. The SMILES string of the molecule is Cc1c(C(=O)Nc2cccc(CO)c2)cnc2ncnn12. The fourth-order valence-electron chi connectivity index (χ4n) is 2.06. The van der Waals surface area contributed by atoms with Gasteiger partial charge in [0.2, 0.25) is 0 Å². The highest BCUT2D eigenvalue weighted by atomic mass is 16.3. The van der Waals surface area contributed by atoms with Crippen molar-refractivity contribution in [3.05, 3.63) is 53.6 Å². The molecule has 0 radical (unpaired) electrons. The number of aryl methyl sites for hydroxylation is 1. The van der Waals surface area contributed by atoms with E-state index in [1.54, 1.807) is 31.2 Å². The molecule has 1 amide bonds. The number of hydrogen-bond acceptors (Lipinski definition) is 5. The van der Waals surface area contributed by atoms with E-state index in [4.69, 9.17) is 5.11 Å². The molecule has 0 unspecified atom stereocenters. The van der Waals surface area contributed by atoms with E-state index in [0.29, 0.717) is 22.7 Å². The quantitative estimate of drug-likeness (QED) is 0.753. The molecule has 0 fully saturated rings. The maximum Gasteiger partial charge on any atom is 0.259 e. The molecular formula is C14H13N5O2. The van der Waals surface area contributed by atoms with Gasteiger partial charge >= 0.3 is 0 Å². The van der Waals surface area contributed by atoms with Crippen LogP contribution >= 0.6 is 0 Å². The van der Waals surface area contributed by atoms with Crippen LogP contribution < -0.4 is 5.32 Å². The van der Waals surface area contributed by atoms with Crippen LogP contribution in [0.15, 0.2) is 36.8 Å². The van der Waals surface area contributed by atoms with E-state index in [9.17, 15) is 4.79 Å². The van der Waals surface area contributed by atoms with E-state index in [-0.39, 0.29) is 12.5 Å². The third-order valence-corrected chi connectivity index (χ3v) is 3.16. The van der Waals surface area contributed by atoms with Crippen molar-refractivity contribution in [2.75, 3.05) is 5.32 Å². The summed E-state index contributed by atoms with van der Waals surface area (Å²) >= 11 is 0. The van der Waals surface area contributed by atoms with Crippen molar-refractivity contribution < 1.29 is 9.90 Å². The summed E-state index contributed by atoms with van der Waals surface area (Å²) < 4.78 is 1.51. The zero-order valence-corrected chi connectivity index (χ0v) is 11.3. The summed E-state index contributed by atoms with van der Waals surface area (Å²) in [6.45, 7) is 1.71. The molecule has 3 rings (SSSR count). The lowest BCUT2D eigenvalue weighted by atomic mass is 10.2. The molecule has 0 atom stereocenters. The molecule has 2 aromatic heterocycles. The summed E-state index contributed by atoms with van der Waals surface area (Å²) in [5.74, 6) is 0.166. The lowest BCUT2D eigenvalue weighted by molar-refractivity contribution is 0.102. The Hall–Kier alpha value is -2.80. The van der Waals surface area contributed by atoms with Crippen LogP contribution in [0.3, 0.4) is 0 Å². The Kier molecular flexibility index (Phi) is 3.33. The van der Waals surface area contributed by atoms with Crippen LogP contribution in [0.2, 0.25) is 0 Å². The fraction of sp³-hybridized carbons (Fsp3) is 0.143. The van der Waals surface area contributed by atoms with Crippen molar-refractivity contribution in [1.29, 1.82) is 0 Å². The standard InChI is InChI=1S/C14H13N5O2/c1-9-12(6-15-14-16-8-17-19(9)14)13(21)18-11-4-2-3-10(5-11)7-20/h2-6,8,20H,7H2,1H3,(H,18,21). The molecule has 0 spiro atoms. The van der Waals surface area contributed by atoms with E-state index in [2.05, 4.69) is 20.4 Å². The van der Waals surface area contributed by atoms with Crippen molar-refractivity contribution in [1.82, 2.24) is 19.6 Å². The first-order valence-electron chi connectivity index (χ1n) is 6.35. The molecule has 0 bridgehead atoms. The van der Waals surface area contributed by atoms with E-state index in [1.807, 2.05) is 0 Å². The number of fused-ring (bicyclic) bond motifs is 1. The number of nitrogens with zero attached hydrogens (tertiary/aromatic N) is 4. The molecule has 7 nitrogen and oxygen atoms in total. The van der Waals surface area contributed by atoms with Gasteiger partial charge in [0.05, 0.1) is 17.9 Å². The maximum atomic E-state index is 12.3. The molecule has 21 heavy (non-hydrogen) atoms. The Morgan fingerprint density at radius 1 is 1.38 bits per heavy atom. The van der Waals surface area contributed by atoms with E-state index in [1.165, 1.54) is 17.0 Å². The summed E-state index contributed by atoms with van der Waals surface area (Å²) in [7, 11) is 0. The minimum atomic E-state index is -0.285. The molecule has 106 valence electrons. The zero-order chi connectivity index (χ0) is 14.8. The average Bonchev–Trinajstić information content (AvgIpc) is 2.97. The number of carbonyl (C=O) groups is 1. The molecule has 0 saturated heterocycles. The number of aliphatic hydroxyl groups is 1. The van der Waals surface area contributed by atoms with Crippen molar-refractivity contribution in [3.63, 3.8) is 0 Å². The lowest BCUT2D eigenvalue weighted by Gasteiger charge is -2.09. The van der Waals surface area contributed by atoms with Gasteiger partial charge in [-0.05, 0) is 24.6 Å². The molecule has 2 heterocycles. The van der Waals surface area contributed by atoms with Gasteiger partial charge in [0.25, 0.3) is 11.7 Å². The first-order valence-corrected chi connectivity index (χ1v) is 6.35. The predicted octanol–water partition coefficient (Wildman–Crippen LogP) is 1.18. The van der Waals surface area contributed by atoms with Gasteiger partial charge in [0, 0.05) is 11.9 Å². The van der Waals surface area contributed by atoms with Gasteiger partial charge in [-0.25, -0.2) is 9.50 Å².